The third-order valence-electron chi connectivity index (χ3n) is 1.98. The predicted octanol–water partition coefficient (Wildman–Crippen LogP) is 1.41. The van der Waals surface area contributed by atoms with E-state index in [9.17, 15) is 0 Å². The van der Waals surface area contributed by atoms with E-state index in [-0.39, 0.29) is 0 Å². The van der Waals surface area contributed by atoms with E-state index < -0.39 is 0 Å². The number of aryl methyl sites for hydroxylation is 1. The highest BCUT2D eigenvalue weighted by molar-refractivity contribution is 9.10. The van der Waals surface area contributed by atoms with Crippen molar-refractivity contribution in [2.75, 3.05) is 11.5 Å². The van der Waals surface area contributed by atoms with Gasteiger partial charge in [-0.3, -0.25) is 0 Å². The van der Waals surface area contributed by atoms with Crippen LogP contribution in [0.25, 0.3) is 11.4 Å². The molecule has 0 bridgehead atoms. The van der Waals surface area contributed by atoms with Crippen molar-refractivity contribution in [1.82, 2.24) is 14.8 Å². The molecule has 0 amide bonds. The first-order valence-electron chi connectivity index (χ1n) is 4.29. The van der Waals surface area contributed by atoms with Crippen molar-refractivity contribution < 1.29 is 0 Å². The van der Waals surface area contributed by atoms with E-state index in [2.05, 4.69) is 26.0 Å². The lowest BCUT2D eigenvalue weighted by Crippen LogP contribution is -1.97. The summed E-state index contributed by atoms with van der Waals surface area (Å²) in [7, 11) is 1.74. The second-order valence-corrected chi connectivity index (χ2v) is 4.11. The molecule has 0 fully saturated rings. The van der Waals surface area contributed by atoms with Crippen LogP contribution >= 0.6 is 15.9 Å². The van der Waals surface area contributed by atoms with E-state index in [0.717, 1.165) is 10.0 Å². The Balaban J connectivity index is 2.53. The summed E-state index contributed by atoms with van der Waals surface area (Å²) in [4.78, 5) is 4.12. The first kappa shape index (κ1) is 9.97. The zero-order chi connectivity index (χ0) is 11.0. The minimum absolute atomic E-state index is 0.378. The summed E-state index contributed by atoms with van der Waals surface area (Å²) < 4.78 is 2.41. The maximum atomic E-state index is 5.72. The monoisotopic (exact) mass is 267 g/mol. The van der Waals surface area contributed by atoms with Crippen molar-refractivity contribution >= 4 is 27.6 Å². The van der Waals surface area contributed by atoms with Gasteiger partial charge < -0.3 is 11.5 Å². The molecular formula is C9H10BrN5. The lowest BCUT2D eigenvalue weighted by atomic mass is 10.2. The normalized spacial score (nSPS) is 10.5. The van der Waals surface area contributed by atoms with Crippen molar-refractivity contribution in [2.24, 2.45) is 7.05 Å². The second-order valence-electron chi connectivity index (χ2n) is 3.19. The van der Waals surface area contributed by atoms with Crippen LogP contribution in [-0.2, 0) is 7.05 Å². The molecule has 2 rings (SSSR count). The Hall–Kier alpha value is -1.56. The zero-order valence-electron chi connectivity index (χ0n) is 8.11. The van der Waals surface area contributed by atoms with Crippen LogP contribution in [0.5, 0.6) is 0 Å². The Labute approximate surface area is 95.2 Å². The van der Waals surface area contributed by atoms with Crippen molar-refractivity contribution in [3.8, 4) is 11.4 Å². The van der Waals surface area contributed by atoms with Gasteiger partial charge in [-0.25, -0.2) is 4.68 Å². The standard InChI is InChI=1S/C9H10BrN5/c1-15-9(12)13-8(14-15)5-2-6(10)4-7(11)3-5/h2-4H,11H2,1H3,(H2,12,13,14). The zero-order valence-corrected chi connectivity index (χ0v) is 9.69. The molecular weight excluding hydrogens is 258 g/mol. The molecule has 0 saturated heterocycles. The van der Waals surface area contributed by atoms with Gasteiger partial charge in [0.1, 0.15) is 0 Å². The number of nitrogen functional groups attached to an aromatic ring is 2. The highest BCUT2D eigenvalue weighted by atomic mass is 79.9. The van der Waals surface area contributed by atoms with Gasteiger partial charge in [0.05, 0.1) is 0 Å². The average Bonchev–Trinajstić information content (AvgIpc) is 2.45. The Bertz CT molecular complexity index is 465. The fraction of sp³-hybridized carbons (Fsp3) is 0.111. The SMILES string of the molecule is Cn1nc(-c2cc(N)cc(Br)c2)nc1N. The van der Waals surface area contributed by atoms with Crippen LogP contribution in [0.1, 0.15) is 0 Å². The van der Waals surface area contributed by atoms with E-state index in [1.54, 1.807) is 13.1 Å². The molecule has 78 valence electrons. The van der Waals surface area contributed by atoms with Gasteiger partial charge in [0.2, 0.25) is 5.95 Å². The second kappa shape index (κ2) is 3.54. The molecule has 0 spiro atoms. The van der Waals surface area contributed by atoms with Crippen molar-refractivity contribution in [2.45, 2.75) is 0 Å². The first-order valence-corrected chi connectivity index (χ1v) is 5.08. The summed E-state index contributed by atoms with van der Waals surface area (Å²) in [6, 6.07) is 5.51. The van der Waals surface area contributed by atoms with Crippen LogP contribution in [0, 0.1) is 0 Å². The smallest absolute Gasteiger partial charge is 0.218 e. The molecule has 4 N–H and O–H groups in total. The molecule has 6 heteroatoms. The van der Waals surface area contributed by atoms with Gasteiger partial charge in [0, 0.05) is 22.8 Å². The van der Waals surface area contributed by atoms with Crippen LogP contribution < -0.4 is 11.5 Å². The molecule has 5 nitrogen and oxygen atoms in total. The highest BCUT2D eigenvalue weighted by Gasteiger charge is 2.07. The molecule has 1 heterocycles. The first-order chi connectivity index (χ1) is 7.06. The van der Waals surface area contributed by atoms with Crippen LogP contribution in [-0.4, -0.2) is 14.8 Å². The van der Waals surface area contributed by atoms with Crippen LogP contribution in [0.15, 0.2) is 22.7 Å². The number of hydrogen-bond donors (Lipinski definition) is 2. The third-order valence-corrected chi connectivity index (χ3v) is 2.43. The Morgan fingerprint density at radius 3 is 2.53 bits per heavy atom. The molecule has 0 aliphatic carbocycles. The van der Waals surface area contributed by atoms with Gasteiger partial charge in [-0.05, 0) is 18.2 Å². The fourth-order valence-corrected chi connectivity index (χ4v) is 1.77. The lowest BCUT2D eigenvalue weighted by Gasteiger charge is -1.99. The van der Waals surface area contributed by atoms with E-state index in [1.165, 1.54) is 4.68 Å². The van der Waals surface area contributed by atoms with Gasteiger partial charge in [-0.15, -0.1) is 5.10 Å². The van der Waals surface area contributed by atoms with E-state index in [4.69, 9.17) is 11.5 Å². The minimum atomic E-state index is 0.378. The Morgan fingerprint density at radius 2 is 2.00 bits per heavy atom. The number of aromatic nitrogens is 3. The van der Waals surface area contributed by atoms with Gasteiger partial charge in [0.25, 0.3) is 0 Å². The lowest BCUT2D eigenvalue weighted by molar-refractivity contribution is 0.781. The summed E-state index contributed by atoms with van der Waals surface area (Å²) in [6.45, 7) is 0. The van der Waals surface area contributed by atoms with Crippen molar-refractivity contribution in [3.63, 3.8) is 0 Å². The molecule has 1 aromatic carbocycles. The molecule has 0 saturated carbocycles. The number of nitrogens with zero attached hydrogens (tertiary/aromatic N) is 3. The topological polar surface area (TPSA) is 82.8 Å². The molecule has 0 radical (unpaired) electrons. The number of hydrogen-bond acceptors (Lipinski definition) is 4. The van der Waals surface area contributed by atoms with Gasteiger partial charge in [0.15, 0.2) is 5.82 Å². The highest BCUT2D eigenvalue weighted by Crippen LogP contribution is 2.24. The summed E-state index contributed by atoms with van der Waals surface area (Å²) >= 11 is 3.36. The number of benzene rings is 1. The summed E-state index contributed by atoms with van der Waals surface area (Å²) in [5.41, 5.74) is 12.8. The quantitative estimate of drug-likeness (QED) is 0.766. The number of anilines is 2. The summed E-state index contributed by atoms with van der Waals surface area (Å²) in [5.74, 6) is 0.951. The summed E-state index contributed by atoms with van der Waals surface area (Å²) in [5, 5.41) is 4.17. The molecule has 0 atom stereocenters. The Kier molecular flexibility index (Phi) is 2.36. The maximum absolute atomic E-state index is 5.72. The molecule has 15 heavy (non-hydrogen) atoms. The third kappa shape index (κ3) is 1.94. The van der Waals surface area contributed by atoms with Crippen LogP contribution in [0.3, 0.4) is 0 Å². The average molecular weight is 268 g/mol. The molecule has 0 aliphatic rings. The van der Waals surface area contributed by atoms with Gasteiger partial charge >= 0.3 is 0 Å². The Morgan fingerprint density at radius 1 is 1.27 bits per heavy atom. The van der Waals surface area contributed by atoms with Crippen molar-refractivity contribution in [1.29, 1.82) is 0 Å². The maximum Gasteiger partial charge on any atom is 0.218 e. The minimum Gasteiger partial charge on any atom is -0.399 e. The van der Waals surface area contributed by atoms with E-state index in [0.29, 0.717) is 17.5 Å². The van der Waals surface area contributed by atoms with Crippen LogP contribution in [0.4, 0.5) is 11.6 Å². The number of halogens is 1. The predicted molar refractivity (Wildman–Crippen MR) is 63.0 cm³/mol. The fourth-order valence-electron chi connectivity index (χ4n) is 1.26. The number of rotatable bonds is 1. The molecule has 1 aromatic heterocycles. The van der Waals surface area contributed by atoms with Gasteiger partial charge in [-0.1, -0.05) is 15.9 Å². The van der Waals surface area contributed by atoms with E-state index >= 15 is 0 Å². The van der Waals surface area contributed by atoms with Crippen LogP contribution in [0.2, 0.25) is 0 Å². The summed E-state index contributed by atoms with van der Waals surface area (Å²) in [6.07, 6.45) is 0. The van der Waals surface area contributed by atoms with E-state index in [1.807, 2.05) is 12.1 Å². The molecule has 0 unspecified atom stereocenters. The number of nitrogens with two attached hydrogens (primary N) is 2. The molecule has 2 aromatic rings. The molecule has 0 aliphatic heterocycles. The van der Waals surface area contributed by atoms with Crippen molar-refractivity contribution in [3.05, 3.63) is 22.7 Å². The largest absolute Gasteiger partial charge is 0.399 e. The van der Waals surface area contributed by atoms with Gasteiger partial charge in [-0.2, -0.15) is 4.98 Å².